The Morgan fingerprint density at radius 2 is 1.47 bits per heavy atom. The summed E-state index contributed by atoms with van der Waals surface area (Å²) < 4.78 is 28.7. The van der Waals surface area contributed by atoms with Gasteiger partial charge in [0, 0.05) is 22.7 Å². The highest BCUT2D eigenvalue weighted by Gasteiger charge is 2.26. The molecule has 2 aromatic carbocycles. The first-order valence-electron chi connectivity index (χ1n) is 16.3. The Morgan fingerprint density at radius 3 is 2.07 bits per heavy atom. The highest BCUT2D eigenvalue weighted by Crippen LogP contribution is 2.28. The van der Waals surface area contributed by atoms with E-state index in [1.165, 1.54) is 6.42 Å². The van der Waals surface area contributed by atoms with Crippen LogP contribution in [0.15, 0.2) is 53.4 Å². The molecule has 0 spiro atoms. The van der Waals surface area contributed by atoms with Gasteiger partial charge in [0.25, 0.3) is 10.0 Å². The molecule has 3 amide bonds. The van der Waals surface area contributed by atoms with Crippen LogP contribution in [0.1, 0.15) is 105 Å². The summed E-state index contributed by atoms with van der Waals surface area (Å²) in [5.74, 6) is 1.39. The fraction of sp³-hybridized carbons (Fsp3) is 0.600. The van der Waals surface area contributed by atoms with Gasteiger partial charge in [-0.25, -0.2) is 13.2 Å². The van der Waals surface area contributed by atoms with Crippen molar-refractivity contribution < 1.29 is 18.0 Å². The van der Waals surface area contributed by atoms with Crippen molar-refractivity contribution in [1.82, 2.24) is 10.6 Å². The Labute approximate surface area is 275 Å². The van der Waals surface area contributed by atoms with E-state index >= 15 is 0 Å². The summed E-state index contributed by atoms with van der Waals surface area (Å²) in [7, 11) is -3.77. The van der Waals surface area contributed by atoms with Crippen LogP contribution in [0.5, 0.6) is 0 Å². The van der Waals surface area contributed by atoms with Crippen molar-refractivity contribution in [2.24, 2.45) is 5.92 Å². The van der Waals surface area contributed by atoms with Crippen LogP contribution in [-0.4, -0.2) is 43.4 Å². The van der Waals surface area contributed by atoms with Crippen molar-refractivity contribution in [3.8, 4) is 0 Å². The summed E-state index contributed by atoms with van der Waals surface area (Å²) in [6.07, 6.45) is 9.43. The van der Waals surface area contributed by atoms with Crippen LogP contribution < -0.4 is 20.7 Å². The third-order valence-electron chi connectivity index (χ3n) is 8.00. The maximum absolute atomic E-state index is 13.2. The van der Waals surface area contributed by atoms with Crippen LogP contribution in [0.25, 0.3) is 0 Å². The highest BCUT2D eigenvalue weighted by atomic mass is 32.2. The first kappa shape index (κ1) is 36.7. The molecule has 0 radical (unpaired) electrons. The van der Waals surface area contributed by atoms with E-state index < -0.39 is 22.1 Å². The van der Waals surface area contributed by atoms with E-state index in [-0.39, 0.29) is 21.0 Å². The predicted octanol–water partition coefficient (Wildman–Crippen LogP) is 8.06. The molecule has 0 heterocycles. The minimum absolute atomic E-state index is 0.0739. The average Bonchev–Trinajstić information content (AvgIpc) is 2.96. The molecule has 0 saturated heterocycles. The molecule has 10 heteroatoms. The van der Waals surface area contributed by atoms with Gasteiger partial charge in [0.15, 0.2) is 0 Å². The molecular formula is C35H54N4O4S2. The topological polar surface area (TPSA) is 116 Å². The van der Waals surface area contributed by atoms with E-state index in [1.807, 2.05) is 23.9 Å². The molecule has 0 bridgehead atoms. The van der Waals surface area contributed by atoms with E-state index in [0.717, 1.165) is 56.3 Å². The number of thioether (sulfide) groups is 1. The lowest BCUT2D eigenvalue weighted by Crippen LogP contribution is -2.49. The second-order valence-electron chi connectivity index (χ2n) is 14.2. The van der Waals surface area contributed by atoms with Crippen molar-refractivity contribution in [2.45, 2.75) is 120 Å². The SMILES string of the molecule is CC(C)(C)SCCCCCNC(=O)[C@@H](CC1CCCCC1)NC(=O)Nc1ccc(NS(=O)(=O)c2ccc(C(C)(C)C)cc2)cc1. The van der Waals surface area contributed by atoms with Gasteiger partial charge in [0.2, 0.25) is 5.91 Å². The molecule has 0 aliphatic heterocycles. The quantitative estimate of drug-likeness (QED) is 0.153. The lowest BCUT2D eigenvalue weighted by Gasteiger charge is -2.26. The van der Waals surface area contributed by atoms with Crippen molar-refractivity contribution >= 4 is 45.1 Å². The molecule has 1 atom stereocenters. The minimum atomic E-state index is -3.77. The summed E-state index contributed by atoms with van der Waals surface area (Å²) in [4.78, 5) is 26.3. The smallest absolute Gasteiger partial charge is 0.319 e. The van der Waals surface area contributed by atoms with E-state index in [4.69, 9.17) is 0 Å². The third-order valence-corrected chi connectivity index (χ3v) is 10.8. The molecule has 3 rings (SSSR count). The molecule has 0 aromatic heterocycles. The number of hydrogen-bond acceptors (Lipinski definition) is 5. The number of rotatable bonds is 14. The fourth-order valence-corrected chi connectivity index (χ4v) is 7.42. The Balaban J connectivity index is 1.53. The van der Waals surface area contributed by atoms with E-state index in [1.54, 1.807) is 36.4 Å². The Hall–Kier alpha value is -2.72. The van der Waals surface area contributed by atoms with Crippen LogP contribution in [0.2, 0.25) is 0 Å². The summed E-state index contributed by atoms with van der Waals surface area (Å²) in [5, 5.41) is 8.75. The second kappa shape index (κ2) is 16.7. The first-order valence-corrected chi connectivity index (χ1v) is 18.8. The van der Waals surface area contributed by atoms with Gasteiger partial charge in [-0.05, 0) is 78.3 Å². The molecule has 45 heavy (non-hydrogen) atoms. The van der Waals surface area contributed by atoms with Gasteiger partial charge < -0.3 is 16.0 Å². The number of hydrogen-bond donors (Lipinski definition) is 4. The molecule has 4 N–H and O–H groups in total. The number of carbonyl (C=O) groups is 2. The predicted molar refractivity (Wildman–Crippen MR) is 189 cm³/mol. The Bertz CT molecular complexity index is 1330. The molecule has 1 fully saturated rings. The molecule has 2 aromatic rings. The average molecular weight is 659 g/mol. The molecule has 250 valence electrons. The Kier molecular flexibility index (Phi) is 13.7. The molecule has 0 unspecified atom stereocenters. The van der Waals surface area contributed by atoms with Crippen LogP contribution >= 0.6 is 11.8 Å². The minimum Gasteiger partial charge on any atom is -0.354 e. The first-order chi connectivity index (χ1) is 21.1. The number of amides is 3. The number of unbranched alkanes of at least 4 members (excludes halogenated alkanes) is 2. The van der Waals surface area contributed by atoms with Gasteiger partial charge in [0.1, 0.15) is 6.04 Å². The van der Waals surface area contributed by atoms with Crippen LogP contribution in [0.4, 0.5) is 16.2 Å². The van der Waals surface area contributed by atoms with E-state index in [0.29, 0.717) is 30.3 Å². The van der Waals surface area contributed by atoms with Gasteiger partial charge in [-0.3, -0.25) is 9.52 Å². The zero-order valence-electron chi connectivity index (χ0n) is 28.0. The van der Waals surface area contributed by atoms with Gasteiger partial charge in [0.05, 0.1) is 4.90 Å². The van der Waals surface area contributed by atoms with Crippen LogP contribution in [0, 0.1) is 5.92 Å². The Morgan fingerprint density at radius 1 is 0.844 bits per heavy atom. The largest absolute Gasteiger partial charge is 0.354 e. The number of sulfonamides is 1. The van der Waals surface area contributed by atoms with Crippen molar-refractivity contribution in [3.05, 3.63) is 54.1 Å². The highest BCUT2D eigenvalue weighted by molar-refractivity contribution is 8.00. The molecule has 1 aliphatic rings. The van der Waals surface area contributed by atoms with Gasteiger partial charge in [-0.2, -0.15) is 11.8 Å². The maximum Gasteiger partial charge on any atom is 0.319 e. The molecule has 1 saturated carbocycles. The van der Waals surface area contributed by atoms with Crippen molar-refractivity contribution in [3.63, 3.8) is 0 Å². The normalized spacial score (nSPS) is 15.2. The standard InChI is InChI=1S/C35H54N4O4S2/c1-34(2,3)27-15-21-30(22-16-27)45(42,43)39-29-19-17-28(18-20-29)37-33(41)38-31(25-26-13-9-7-10-14-26)32(40)36-23-11-8-12-24-44-35(4,5)6/h15-22,26,31,39H,7-14,23-25H2,1-6H3,(H,36,40)(H2,37,38,41)/t31-/m1/s1. The summed E-state index contributed by atoms with van der Waals surface area (Å²) in [6, 6.07) is 12.3. The molecular weight excluding hydrogens is 605 g/mol. The number of urea groups is 1. The maximum atomic E-state index is 13.2. The molecule has 1 aliphatic carbocycles. The summed E-state index contributed by atoms with van der Waals surface area (Å²) in [5.41, 5.74) is 1.85. The molecule has 8 nitrogen and oxygen atoms in total. The lowest BCUT2D eigenvalue weighted by atomic mass is 9.84. The van der Waals surface area contributed by atoms with Crippen molar-refractivity contribution in [2.75, 3.05) is 22.3 Å². The van der Waals surface area contributed by atoms with Gasteiger partial charge in [-0.1, -0.05) is 92.2 Å². The number of carbonyl (C=O) groups excluding carboxylic acids is 2. The third kappa shape index (κ3) is 13.3. The van der Waals surface area contributed by atoms with Crippen LogP contribution in [0.3, 0.4) is 0 Å². The number of nitrogens with one attached hydrogen (secondary N) is 4. The monoisotopic (exact) mass is 658 g/mol. The summed E-state index contributed by atoms with van der Waals surface area (Å²) in [6.45, 7) is 13.5. The van der Waals surface area contributed by atoms with Crippen molar-refractivity contribution in [1.29, 1.82) is 0 Å². The zero-order chi connectivity index (χ0) is 33.1. The van der Waals surface area contributed by atoms with Gasteiger partial charge in [-0.15, -0.1) is 0 Å². The second-order valence-corrected chi connectivity index (χ2v) is 17.8. The van der Waals surface area contributed by atoms with Crippen LogP contribution in [-0.2, 0) is 20.2 Å². The fourth-order valence-electron chi connectivity index (χ4n) is 5.40. The number of benzene rings is 2. The van der Waals surface area contributed by atoms with E-state index in [2.05, 4.69) is 62.2 Å². The zero-order valence-corrected chi connectivity index (χ0v) is 29.6. The van der Waals surface area contributed by atoms with Gasteiger partial charge >= 0.3 is 6.03 Å². The number of anilines is 2. The lowest BCUT2D eigenvalue weighted by molar-refractivity contribution is -0.123. The summed E-state index contributed by atoms with van der Waals surface area (Å²) >= 11 is 1.96. The van der Waals surface area contributed by atoms with E-state index in [9.17, 15) is 18.0 Å².